The lowest BCUT2D eigenvalue weighted by Gasteiger charge is -2.34. The maximum atomic E-state index is 14.0. The maximum absolute atomic E-state index is 14.0. The van der Waals surface area contributed by atoms with E-state index in [2.05, 4.69) is 36.4 Å². The lowest BCUT2D eigenvalue weighted by Crippen LogP contribution is -2.40. The van der Waals surface area contributed by atoms with Crippen molar-refractivity contribution in [1.82, 2.24) is 4.90 Å². The fourth-order valence-electron chi connectivity index (χ4n) is 4.23. The zero-order valence-electron chi connectivity index (χ0n) is 20.7. The summed E-state index contributed by atoms with van der Waals surface area (Å²) in [6.07, 6.45) is 0.141. The first kappa shape index (κ1) is 25.7. The van der Waals surface area contributed by atoms with Crippen molar-refractivity contribution in [3.05, 3.63) is 91.0 Å². The van der Waals surface area contributed by atoms with Gasteiger partial charge in [0.1, 0.15) is 5.60 Å². The molecule has 0 amide bonds. The van der Waals surface area contributed by atoms with Crippen molar-refractivity contribution in [1.29, 1.82) is 0 Å². The molecule has 0 unspecified atom stereocenters. The number of nitrogens with zero attached hydrogens (tertiary/aromatic N) is 1. The minimum Gasteiger partial charge on any atom is -0.460 e. The Hall–Kier alpha value is -2.94. The van der Waals surface area contributed by atoms with Crippen LogP contribution in [-0.2, 0) is 14.3 Å². The highest BCUT2D eigenvalue weighted by Crippen LogP contribution is 2.47. The van der Waals surface area contributed by atoms with Crippen LogP contribution in [0.3, 0.4) is 0 Å². The molecule has 0 fully saturated rings. The molecular weight excluding hydrogens is 441 g/mol. The largest absolute Gasteiger partial charge is 0.460 e. The van der Waals surface area contributed by atoms with E-state index in [1.165, 1.54) is 0 Å². The molecular formula is C29H34NO3P. The summed E-state index contributed by atoms with van der Waals surface area (Å²) >= 11 is 0. The van der Waals surface area contributed by atoms with Gasteiger partial charge in [0.15, 0.2) is 5.78 Å². The molecule has 178 valence electrons. The number of esters is 1. The molecule has 4 nitrogen and oxygen atoms in total. The van der Waals surface area contributed by atoms with E-state index in [-0.39, 0.29) is 24.6 Å². The van der Waals surface area contributed by atoms with Gasteiger partial charge in [0, 0.05) is 6.42 Å². The number of Topliss-reactive ketones (excluding diaryl/α,β-unsaturated/α-hetero) is 1. The number of carbonyl (C=O) groups is 2. The molecule has 0 heterocycles. The van der Waals surface area contributed by atoms with Gasteiger partial charge in [-0.1, -0.05) is 91.0 Å². The van der Waals surface area contributed by atoms with Gasteiger partial charge in [-0.05, 0) is 57.7 Å². The van der Waals surface area contributed by atoms with Crippen LogP contribution in [0.1, 0.15) is 33.6 Å². The van der Waals surface area contributed by atoms with Crippen LogP contribution < -0.4 is 15.9 Å². The van der Waals surface area contributed by atoms with Crippen molar-refractivity contribution in [3.8, 4) is 0 Å². The predicted octanol–water partition coefficient (Wildman–Crippen LogP) is 4.36. The molecule has 0 spiro atoms. The van der Waals surface area contributed by atoms with Gasteiger partial charge < -0.3 is 4.74 Å². The summed E-state index contributed by atoms with van der Waals surface area (Å²) < 4.78 is 5.46. The Bertz CT molecular complexity index is 1060. The number of likely N-dealkylation sites (N-methyl/N-ethyl adjacent to an activating group) is 1. The summed E-state index contributed by atoms with van der Waals surface area (Å²) in [5, 5.41) is 3.30. The van der Waals surface area contributed by atoms with E-state index < -0.39 is 12.5 Å². The zero-order chi connectivity index (χ0) is 24.8. The van der Waals surface area contributed by atoms with Crippen molar-refractivity contribution < 1.29 is 14.3 Å². The first-order valence-electron chi connectivity index (χ1n) is 11.5. The van der Waals surface area contributed by atoms with Gasteiger partial charge in [0.25, 0.3) is 0 Å². The SMILES string of the molecule is CN(C)C(C(=O)CCC(=O)OC(C)(C)C)=P(c1ccccc1)(c1ccccc1)c1ccccc1. The smallest absolute Gasteiger partial charge is 0.306 e. The molecule has 0 aliphatic rings. The molecule has 0 N–H and O–H groups in total. The second-order valence-electron chi connectivity index (χ2n) is 9.41. The van der Waals surface area contributed by atoms with E-state index in [0.29, 0.717) is 0 Å². The highest BCUT2D eigenvalue weighted by Gasteiger charge is 2.34. The number of ketones is 1. The van der Waals surface area contributed by atoms with Gasteiger partial charge in [-0.2, -0.15) is 0 Å². The highest BCUT2D eigenvalue weighted by molar-refractivity contribution is 7.96. The van der Waals surface area contributed by atoms with Crippen LogP contribution in [0, 0.1) is 0 Å². The molecule has 0 radical (unpaired) electrons. The van der Waals surface area contributed by atoms with Crippen LogP contribution in [0.2, 0.25) is 0 Å². The summed E-state index contributed by atoms with van der Waals surface area (Å²) in [5.74, 6) is -0.400. The molecule has 0 aromatic heterocycles. The Morgan fingerprint density at radius 1 is 0.706 bits per heavy atom. The fraction of sp³-hybridized carbons (Fsp3) is 0.276. The van der Waals surface area contributed by atoms with Crippen LogP contribution in [0.5, 0.6) is 0 Å². The molecule has 3 aromatic carbocycles. The molecule has 0 bridgehead atoms. The molecule has 0 aliphatic carbocycles. The first-order chi connectivity index (χ1) is 16.2. The molecule has 0 aliphatic heterocycles. The second kappa shape index (κ2) is 11.0. The molecule has 34 heavy (non-hydrogen) atoms. The van der Waals surface area contributed by atoms with E-state index in [0.717, 1.165) is 21.3 Å². The van der Waals surface area contributed by atoms with E-state index in [1.807, 2.05) is 94.4 Å². The van der Waals surface area contributed by atoms with E-state index in [1.54, 1.807) is 0 Å². The Labute approximate surface area is 203 Å². The minimum absolute atomic E-state index is 0.0410. The monoisotopic (exact) mass is 475 g/mol. The third-order valence-corrected chi connectivity index (χ3v) is 9.90. The number of rotatable bonds is 8. The minimum atomic E-state index is -2.54. The van der Waals surface area contributed by atoms with Crippen molar-refractivity contribution in [2.24, 2.45) is 0 Å². The quantitative estimate of drug-likeness (QED) is 0.359. The Morgan fingerprint density at radius 2 is 1.09 bits per heavy atom. The van der Waals surface area contributed by atoms with Crippen molar-refractivity contribution in [2.45, 2.75) is 39.2 Å². The molecule has 3 rings (SSSR count). The summed E-state index contributed by atoms with van der Waals surface area (Å²) in [6.45, 7) is 2.97. The van der Waals surface area contributed by atoms with Crippen molar-refractivity contribution in [3.63, 3.8) is 0 Å². The molecule has 3 aromatic rings. The average molecular weight is 476 g/mol. The number of ether oxygens (including phenoxy) is 1. The van der Waals surface area contributed by atoms with Crippen molar-refractivity contribution >= 4 is 40.0 Å². The summed E-state index contributed by atoms with van der Waals surface area (Å²) in [7, 11) is 3.84. The van der Waals surface area contributed by atoms with Crippen LogP contribution in [-0.4, -0.2) is 41.8 Å². The van der Waals surface area contributed by atoms with Crippen LogP contribution in [0.4, 0.5) is 0 Å². The molecule has 0 saturated carbocycles. The fourth-order valence-corrected chi connectivity index (χ4v) is 8.80. The number of hydrogen-bond acceptors (Lipinski definition) is 3. The standard InChI is InChI=1S/C29H34NO3P/c1-29(2,3)33-27(32)22-21-26(31)28(30(4)5)34(23-15-9-6-10-16-23,24-17-11-7-12-18-24)25-19-13-8-14-20-25/h6-20H,21-22H2,1-5H3. The van der Waals surface area contributed by atoms with Gasteiger partial charge in [0.05, 0.1) is 11.8 Å². The van der Waals surface area contributed by atoms with Crippen LogP contribution >= 0.6 is 6.89 Å². The van der Waals surface area contributed by atoms with Gasteiger partial charge in [-0.25, -0.2) is 0 Å². The average Bonchev–Trinajstić information content (AvgIpc) is 2.81. The number of hydrogen-bond donors (Lipinski definition) is 0. The topological polar surface area (TPSA) is 46.6 Å². The Balaban J connectivity index is 2.30. The molecule has 0 atom stereocenters. The number of carbonyl (C=O) groups excluding carboxylic acids is 2. The van der Waals surface area contributed by atoms with Gasteiger partial charge >= 0.3 is 5.97 Å². The van der Waals surface area contributed by atoms with E-state index in [9.17, 15) is 9.59 Å². The van der Waals surface area contributed by atoms with Gasteiger partial charge in [-0.3, -0.25) is 14.5 Å². The molecule has 0 saturated heterocycles. The van der Waals surface area contributed by atoms with Crippen molar-refractivity contribution in [2.75, 3.05) is 14.1 Å². The lowest BCUT2D eigenvalue weighted by atomic mass is 10.2. The maximum Gasteiger partial charge on any atom is 0.306 e. The normalized spacial score (nSPS) is 11.8. The summed E-state index contributed by atoms with van der Waals surface area (Å²) in [4.78, 5) is 28.3. The van der Waals surface area contributed by atoms with Crippen LogP contribution in [0.15, 0.2) is 91.0 Å². The third-order valence-electron chi connectivity index (χ3n) is 5.40. The van der Waals surface area contributed by atoms with E-state index in [4.69, 9.17) is 4.74 Å². The summed E-state index contributed by atoms with van der Waals surface area (Å²) in [6, 6.07) is 30.8. The predicted molar refractivity (Wildman–Crippen MR) is 144 cm³/mol. The first-order valence-corrected chi connectivity index (χ1v) is 13.3. The highest BCUT2D eigenvalue weighted by atomic mass is 31.2. The zero-order valence-corrected chi connectivity index (χ0v) is 21.6. The van der Waals surface area contributed by atoms with Gasteiger partial charge in [-0.15, -0.1) is 0 Å². The Morgan fingerprint density at radius 3 is 1.41 bits per heavy atom. The molecule has 5 heteroatoms. The van der Waals surface area contributed by atoms with Gasteiger partial charge in [0.2, 0.25) is 0 Å². The number of benzene rings is 3. The third kappa shape index (κ3) is 5.75. The Kier molecular flexibility index (Phi) is 8.30. The van der Waals surface area contributed by atoms with E-state index >= 15 is 0 Å². The lowest BCUT2D eigenvalue weighted by molar-refractivity contribution is -0.155. The summed E-state index contributed by atoms with van der Waals surface area (Å²) in [5.41, 5.74) is 0.142. The van der Waals surface area contributed by atoms with Crippen LogP contribution in [0.25, 0.3) is 0 Å². The second-order valence-corrected chi connectivity index (χ2v) is 12.7.